The number of nitrogens with zero attached hydrogens (tertiary/aromatic N) is 2. The third-order valence-corrected chi connectivity index (χ3v) is 12.8. The van der Waals surface area contributed by atoms with Crippen molar-refractivity contribution in [3.63, 3.8) is 0 Å². The molecule has 1 fully saturated rings. The number of nitrogens with one attached hydrogen (secondary N) is 2. The van der Waals surface area contributed by atoms with Crippen molar-refractivity contribution in [2.45, 2.75) is 37.2 Å². The van der Waals surface area contributed by atoms with E-state index in [0.29, 0.717) is 28.7 Å². The van der Waals surface area contributed by atoms with Gasteiger partial charge in [-0.05, 0) is 23.3 Å². The second kappa shape index (κ2) is 23.8. The number of ether oxygens (including phenoxy) is 1. The number of phosphoric ester groups is 2. The molecule has 11 N–H and O–H groups in total. The largest absolute Gasteiger partial charge is 0.557 e. The highest BCUT2D eigenvalue weighted by Gasteiger charge is 2.46. The molecule has 0 spiro atoms. The summed E-state index contributed by atoms with van der Waals surface area (Å²) in [5.74, 6) is 4.45. The van der Waals surface area contributed by atoms with Crippen LogP contribution in [0.1, 0.15) is 39.7 Å². The number of phosphoric acid groups is 4. The number of aromatic amines is 1. The first-order valence-corrected chi connectivity index (χ1v) is 24.7. The fraction of sp³-hybridized carbons (Fsp3) is 0.323. The van der Waals surface area contributed by atoms with Crippen LogP contribution in [0.15, 0.2) is 65.6 Å². The van der Waals surface area contributed by atoms with Gasteiger partial charge in [0, 0.05) is 49.1 Å². The molecule has 0 aliphatic carbocycles. The molecule has 1 amide bonds. The van der Waals surface area contributed by atoms with Crippen molar-refractivity contribution >= 4 is 66.2 Å². The maximum atomic E-state index is 12.9. The highest BCUT2D eigenvalue weighted by atomic mass is 32.2. The highest BCUT2D eigenvalue weighted by molar-refractivity contribution is 7.93. The van der Waals surface area contributed by atoms with Crippen LogP contribution in [0.4, 0.5) is 5.95 Å². The molecule has 1 aliphatic rings. The Bertz CT molecular complexity index is 2580. The number of amides is 1. The lowest BCUT2D eigenvalue weighted by Gasteiger charge is -2.20. The topological polar surface area (TPSA) is 412 Å². The quantitative estimate of drug-likeness (QED) is 0.0115. The Morgan fingerprint density at radius 1 is 0.985 bits per heavy atom. The number of nitrogens with two attached hydrogens (primary N) is 2. The van der Waals surface area contributed by atoms with E-state index in [1.165, 1.54) is 10.8 Å². The van der Waals surface area contributed by atoms with Crippen molar-refractivity contribution in [2.24, 2.45) is 5.73 Å². The number of carbonyl (C=O) groups is 1. The number of H-pyrrole nitrogens is 1. The van der Waals surface area contributed by atoms with Gasteiger partial charge < -0.3 is 41.0 Å². The summed E-state index contributed by atoms with van der Waals surface area (Å²) in [5.41, 5.74) is 11.7. The number of carbonyl (C=O) groups excluding carboxylic acids is 1. The Hall–Kier alpha value is -3.76. The Kier molecular flexibility index (Phi) is 19.1. The van der Waals surface area contributed by atoms with Gasteiger partial charge >= 0.3 is 31.3 Å². The van der Waals surface area contributed by atoms with Crippen LogP contribution in [0.3, 0.4) is 0 Å². The second-order valence-electron chi connectivity index (χ2n) is 12.6. The van der Waals surface area contributed by atoms with Crippen molar-refractivity contribution in [3.8, 4) is 11.8 Å². The van der Waals surface area contributed by atoms with E-state index in [-0.39, 0.29) is 53.7 Å². The summed E-state index contributed by atoms with van der Waals surface area (Å²) in [5, 5.41) is 31.2. The standard InChI is InChI=1S/C31H38N6O23P4S/c32-11-12-34-29(39)22-9-4-8-21(14-22)19-65-59-58-61(43,44)50-13-5-10-23-16-37(28-27(23)30(40)36-31(33)35-28)26-15-24(38)25(52-26)18-51-62(45,46)60-64(48,54-42)57-56-63(47,53-41)55-49-17-20-6-2-1-3-7-20/h1-4,6-9,14,16,24-26,38,41-42H,11-13,15,17-19,32H2,(H,34,39)(H,43,44)(H,45,46)(H3,33,35,36,40). The van der Waals surface area contributed by atoms with Crippen LogP contribution in [-0.2, 0) is 86.0 Å². The summed E-state index contributed by atoms with van der Waals surface area (Å²) in [4.78, 5) is 56.3. The van der Waals surface area contributed by atoms with Gasteiger partial charge in [-0.2, -0.15) is 13.6 Å². The van der Waals surface area contributed by atoms with Crippen molar-refractivity contribution in [1.82, 2.24) is 19.9 Å². The zero-order chi connectivity index (χ0) is 47.3. The first kappa shape index (κ1) is 52.2. The predicted octanol–water partition coefficient (Wildman–Crippen LogP) is 3.33. The van der Waals surface area contributed by atoms with Crippen LogP contribution in [-0.4, -0.2) is 84.4 Å². The predicted molar refractivity (Wildman–Crippen MR) is 217 cm³/mol. The van der Waals surface area contributed by atoms with Gasteiger partial charge in [-0.3, -0.25) is 23.6 Å². The molecule has 1 saturated heterocycles. The average molecular weight is 1020 g/mol. The molecule has 0 saturated carbocycles. The zero-order valence-corrected chi connectivity index (χ0v) is 37.2. The van der Waals surface area contributed by atoms with Gasteiger partial charge in [0.25, 0.3) is 11.5 Å². The Balaban J connectivity index is 1.14. The summed E-state index contributed by atoms with van der Waals surface area (Å²) in [6.45, 7) is -1.57. The van der Waals surface area contributed by atoms with Crippen LogP contribution in [0.5, 0.6) is 0 Å². The van der Waals surface area contributed by atoms with Gasteiger partial charge in [-0.15, -0.1) is 28.0 Å². The van der Waals surface area contributed by atoms with Crippen LogP contribution in [0.25, 0.3) is 11.0 Å². The minimum atomic E-state index is -5.78. The van der Waals surface area contributed by atoms with Gasteiger partial charge in [0.15, 0.2) is 5.65 Å². The summed E-state index contributed by atoms with van der Waals surface area (Å²) in [7, 11) is -21.6. The molecule has 5 rings (SSSR count). The summed E-state index contributed by atoms with van der Waals surface area (Å²) in [6, 6.07) is 14.5. The van der Waals surface area contributed by atoms with Gasteiger partial charge in [0.05, 0.1) is 23.7 Å². The first-order valence-electron chi connectivity index (χ1n) is 17.9. The molecule has 7 unspecified atom stereocenters. The molecule has 0 radical (unpaired) electrons. The molecule has 3 heterocycles. The van der Waals surface area contributed by atoms with E-state index in [9.17, 15) is 42.7 Å². The molecule has 29 nitrogen and oxygen atoms in total. The maximum Gasteiger partial charge on any atom is 0.557 e. The smallest absolute Gasteiger partial charge is 0.390 e. The number of hydrogen-bond donors (Lipinski definition) is 9. The SMILES string of the molecule is NCCNC(=O)c1cccc(CSOOP(=O)(O)OCC#Cc2cn(C3CC(O)C(COP(=O)(O)OP(=O)(OO)OOP(=O)(OO)OOCc4ccccc4)O3)c3nc(N)[nH]c(=O)c23)c1. The average Bonchev–Trinajstić information content (AvgIpc) is 3.84. The Morgan fingerprint density at radius 3 is 2.43 bits per heavy atom. The highest BCUT2D eigenvalue weighted by Crippen LogP contribution is 2.65. The lowest BCUT2D eigenvalue weighted by atomic mass is 10.1. The molecule has 7 atom stereocenters. The number of hydrogen-bond acceptors (Lipinski definition) is 25. The van der Waals surface area contributed by atoms with E-state index in [1.807, 2.05) is 0 Å². The van der Waals surface area contributed by atoms with Crippen LogP contribution >= 0.6 is 43.3 Å². The van der Waals surface area contributed by atoms with E-state index in [2.05, 4.69) is 64.4 Å². The van der Waals surface area contributed by atoms with Crippen LogP contribution in [0, 0.1) is 11.8 Å². The molecular weight excluding hydrogens is 980 g/mol. The van der Waals surface area contributed by atoms with Crippen LogP contribution in [0.2, 0.25) is 0 Å². The maximum absolute atomic E-state index is 12.9. The second-order valence-corrected chi connectivity index (χ2v) is 19.0. The summed E-state index contributed by atoms with van der Waals surface area (Å²) < 4.78 is 99.2. The molecule has 1 aliphatic heterocycles. The molecule has 34 heteroatoms. The third-order valence-electron chi connectivity index (χ3n) is 7.99. The summed E-state index contributed by atoms with van der Waals surface area (Å²) in [6.07, 6.45) is -3.17. The lowest BCUT2D eigenvalue weighted by molar-refractivity contribution is -0.300. The lowest BCUT2D eigenvalue weighted by Crippen LogP contribution is -2.28. The number of aromatic nitrogens is 3. The van der Waals surface area contributed by atoms with Gasteiger partial charge in [0.1, 0.15) is 25.5 Å². The van der Waals surface area contributed by atoms with Crippen molar-refractivity contribution in [2.75, 3.05) is 32.0 Å². The molecule has 65 heavy (non-hydrogen) atoms. The van der Waals surface area contributed by atoms with E-state index >= 15 is 0 Å². The van der Waals surface area contributed by atoms with E-state index in [1.54, 1.807) is 54.6 Å². The monoisotopic (exact) mass is 1020 g/mol. The molecule has 356 valence electrons. The summed E-state index contributed by atoms with van der Waals surface area (Å²) >= 11 is 0.626. The minimum Gasteiger partial charge on any atom is -0.390 e. The fourth-order valence-corrected chi connectivity index (χ4v) is 9.06. The van der Waals surface area contributed by atoms with Crippen molar-refractivity contribution in [1.29, 1.82) is 0 Å². The zero-order valence-electron chi connectivity index (χ0n) is 32.8. The number of rotatable bonds is 25. The van der Waals surface area contributed by atoms with Gasteiger partial charge in [-0.1, -0.05) is 54.3 Å². The van der Waals surface area contributed by atoms with Crippen molar-refractivity contribution < 1.29 is 104 Å². The third kappa shape index (κ3) is 15.7. The number of aliphatic hydroxyl groups excluding tert-OH is 1. The number of fused-ring (bicyclic) bond motifs is 1. The first-order chi connectivity index (χ1) is 30.9. The number of aliphatic hydroxyl groups is 1. The Morgan fingerprint density at radius 2 is 1.71 bits per heavy atom. The van der Waals surface area contributed by atoms with Crippen molar-refractivity contribution in [3.05, 3.63) is 93.4 Å². The number of benzene rings is 2. The van der Waals surface area contributed by atoms with E-state index < -0.39 is 75.1 Å². The normalized spacial score (nSPS) is 19.9. The minimum absolute atomic E-state index is 0.0332. The molecule has 0 bridgehead atoms. The Labute approximate surface area is 369 Å². The number of anilines is 1. The van der Waals surface area contributed by atoms with E-state index in [4.69, 9.17) is 40.1 Å². The van der Waals surface area contributed by atoms with E-state index in [0.717, 1.165) is 0 Å². The van der Waals surface area contributed by atoms with Gasteiger partial charge in [0.2, 0.25) is 5.95 Å². The molecule has 2 aromatic carbocycles. The molecular formula is C31H38N6O23P4S. The molecule has 4 aromatic rings. The van der Waals surface area contributed by atoms with Gasteiger partial charge in [-0.25, -0.2) is 33.7 Å². The fourth-order valence-electron chi connectivity index (χ4n) is 5.25. The molecule has 2 aromatic heterocycles. The van der Waals surface area contributed by atoms with Crippen LogP contribution < -0.4 is 22.3 Å². The number of nitrogen functional groups attached to an aromatic ring is 1.